The topological polar surface area (TPSA) is 52.3 Å². The van der Waals surface area contributed by atoms with E-state index >= 15 is 0 Å². The number of ether oxygens (including phenoxy) is 1. The Morgan fingerprint density at radius 1 is 1.38 bits per heavy atom. The quantitative estimate of drug-likeness (QED) is 0.780. The minimum atomic E-state index is -0.742. The van der Waals surface area contributed by atoms with Crippen LogP contribution in [-0.4, -0.2) is 6.09 Å². The fraction of sp³-hybridized carbons (Fsp3) is 0.308. The summed E-state index contributed by atoms with van der Waals surface area (Å²) in [4.78, 5) is 10.2. The van der Waals surface area contributed by atoms with E-state index in [1.165, 1.54) is 0 Å². The highest BCUT2D eigenvalue weighted by atomic mass is 16.5. The molecule has 0 spiro atoms. The van der Waals surface area contributed by atoms with E-state index in [0.717, 1.165) is 5.56 Å². The van der Waals surface area contributed by atoms with Crippen LogP contribution in [0.3, 0.4) is 0 Å². The molecule has 90 valence electrons. The summed E-state index contributed by atoms with van der Waals surface area (Å²) in [7, 11) is 0. The second-order valence-electron chi connectivity index (χ2n) is 2.50. The second kappa shape index (κ2) is 13.2. The van der Waals surface area contributed by atoms with Gasteiger partial charge < -0.3 is 10.5 Å². The number of benzene rings is 1. The smallest absolute Gasteiger partial charge is 0.404 e. The van der Waals surface area contributed by atoms with Crippen LogP contribution in [0.15, 0.2) is 43.0 Å². The summed E-state index contributed by atoms with van der Waals surface area (Å²) in [5.74, 6) is 0. The van der Waals surface area contributed by atoms with Crippen molar-refractivity contribution in [3.63, 3.8) is 0 Å². The first kappa shape index (κ1) is 16.7. The minimum Gasteiger partial charge on any atom is -0.445 e. The van der Waals surface area contributed by atoms with Gasteiger partial charge in [-0.25, -0.2) is 4.79 Å². The Morgan fingerprint density at radius 3 is 2.19 bits per heavy atom. The molecule has 0 saturated heterocycles. The van der Waals surface area contributed by atoms with Gasteiger partial charge in [0.1, 0.15) is 6.61 Å². The summed E-state index contributed by atoms with van der Waals surface area (Å²) in [5, 5.41) is 0. The monoisotopic (exact) mass is 223 g/mol. The Morgan fingerprint density at radius 2 is 1.81 bits per heavy atom. The lowest BCUT2D eigenvalue weighted by atomic mass is 10.2. The van der Waals surface area contributed by atoms with Gasteiger partial charge in [-0.15, -0.1) is 6.58 Å². The maximum absolute atomic E-state index is 10.2. The predicted molar refractivity (Wildman–Crippen MR) is 68.0 cm³/mol. The van der Waals surface area contributed by atoms with Crippen molar-refractivity contribution in [1.82, 2.24) is 0 Å². The van der Waals surface area contributed by atoms with Crippen molar-refractivity contribution in [3.8, 4) is 0 Å². The van der Waals surface area contributed by atoms with Gasteiger partial charge in [-0.2, -0.15) is 0 Å². The van der Waals surface area contributed by atoms with Crippen molar-refractivity contribution in [2.45, 2.75) is 27.4 Å². The number of carbonyl (C=O) groups excluding carboxylic acids is 1. The molecule has 1 aromatic rings. The van der Waals surface area contributed by atoms with Crippen molar-refractivity contribution in [2.75, 3.05) is 0 Å². The fourth-order valence-electron chi connectivity index (χ4n) is 0.729. The zero-order valence-electron chi connectivity index (χ0n) is 10.3. The Hall–Kier alpha value is -1.77. The average Bonchev–Trinajstić information content (AvgIpc) is 2.31. The predicted octanol–water partition coefficient (Wildman–Crippen LogP) is 3.50. The average molecular weight is 223 g/mol. The number of primary amides is 1. The molecule has 1 amide bonds. The van der Waals surface area contributed by atoms with Gasteiger partial charge in [0.15, 0.2) is 0 Å². The zero-order chi connectivity index (χ0) is 12.8. The molecule has 0 heterocycles. The van der Waals surface area contributed by atoms with Crippen LogP contribution in [0.1, 0.15) is 26.3 Å². The van der Waals surface area contributed by atoms with Gasteiger partial charge in [0, 0.05) is 0 Å². The highest BCUT2D eigenvalue weighted by Crippen LogP contribution is 1.99. The van der Waals surface area contributed by atoms with Gasteiger partial charge in [-0.1, -0.05) is 50.3 Å². The lowest BCUT2D eigenvalue weighted by Gasteiger charge is -1.99. The summed E-state index contributed by atoms with van der Waals surface area (Å²) in [6, 6.07) is 9.37. The van der Waals surface area contributed by atoms with Crippen LogP contribution in [0.4, 0.5) is 4.79 Å². The summed E-state index contributed by atoms with van der Waals surface area (Å²) in [5.41, 5.74) is 5.72. The summed E-state index contributed by atoms with van der Waals surface area (Å²) in [6.45, 7) is 9.50. The summed E-state index contributed by atoms with van der Waals surface area (Å²) < 4.78 is 4.57. The number of hydrogen-bond acceptors (Lipinski definition) is 2. The minimum absolute atomic E-state index is 0.246. The first-order valence-corrected chi connectivity index (χ1v) is 5.24. The third-order valence-electron chi connectivity index (χ3n) is 1.22. The summed E-state index contributed by atoms with van der Waals surface area (Å²) >= 11 is 0. The van der Waals surface area contributed by atoms with E-state index in [2.05, 4.69) is 11.3 Å². The standard InChI is InChI=1S/C8H9NO2.C3H6.C2H6/c9-8(10)11-6-7-4-2-1-3-5-7;1-3-2;1-2/h1-5H,6H2,(H2,9,10);3H,1H2,2H3;1-2H3. The Labute approximate surface area is 97.9 Å². The Kier molecular flexibility index (Phi) is 13.8. The molecule has 0 aliphatic carbocycles. The molecule has 3 heteroatoms. The van der Waals surface area contributed by atoms with E-state index in [9.17, 15) is 4.79 Å². The van der Waals surface area contributed by atoms with Crippen LogP contribution in [0.2, 0.25) is 0 Å². The highest BCUT2D eigenvalue weighted by molar-refractivity contribution is 5.64. The summed E-state index contributed by atoms with van der Waals surface area (Å²) in [6.07, 6.45) is 1.01. The molecular formula is C13H21NO2. The Balaban J connectivity index is 0. The molecule has 3 nitrogen and oxygen atoms in total. The van der Waals surface area contributed by atoms with Gasteiger partial charge in [0.2, 0.25) is 0 Å². The Bertz CT molecular complexity index is 271. The molecule has 1 aromatic carbocycles. The maximum Gasteiger partial charge on any atom is 0.404 e. The van der Waals surface area contributed by atoms with E-state index in [4.69, 9.17) is 5.73 Å². The maximum atomic E-state index is 10.2. The van der Waals surface area contributed by atoms with Crippen molar-refractivity contribution in [2.24, 2.45) is 5.73 Å². The number of amides is 1. The lowest BCUT2D eigenvalue weighted by molar-refractivity contribution is 0.150. The molecule has 0 bridgehead atoms. The molecule has 0 aliphatic rings. The van der Waals surface area contributed by atoms with Crippen molar-refractivity contribution >= 4 is 6.09 Å². The normalized spacial score (nSPS) is 7.44. The molecular weight excluding hydrogens is 202 g/mol. The second-order valence-corrected chi connectivity index (χ2v) is 2.50. The van der Waals surface area contributed by atoms with E-state index in [1.54, 1.807) is 6.08 Å². The lowest BCUT2D eigenvalue weighted by Crippen LogP contribution is -2.12. The highest BCUT2D eigenvalue weighted by Gasteiger charge is 1.93. The van der Waals surface area contributed by atoms with Crippen molar-refractivity contribution in [1.29, 1.82) is 0 Å². The molecule has 0 fully saturated rings. The number of allylic oxidation sites excluding steroid dienone is 1. The third kappa shape index (κ3) is 12.2. The van der Waals surface area contributed by atoms with Crippen LogP contribution >= 0.6 is 0 Å². The van der Waals surface area contributed by atoms with Crippen LogP contribution < -0.4 is 5.73 Å². The number of rotatable bonds is 2. The first-order valence-electron chi connectivity index (χ1n) is 5.24. The van der Waals surface area contributed by atoms with E-state index < -0.39 is 6.09 Å². The van der Waals surface area contributed by atoms with Crippen LogP contribution in [0, 0.1) is 0 Å². The number of nitrogens with two attached hydrogens (primary N) is 1. The molecule has 0 aromatic heterocycles. The van der Waals surface area contributed by atoms with Crippen molar-refractivity contribution < 1.29 is 9.53 Å². The van der Waals surface area contributed by atoms with E-state index in [1.807, 2.05) is 51.1 Å². The largest absolute Gasteiger partial charge is 0.445 e. The number of carbonyl (C=O) groups is 1. The van der Waals surface area contributed by atoms with E-state index in [0.29, 0.717) is 0 Å². The van der Waals surface area contributed by atoms with Gasteiger partial charge in [-0.3, -0.25) is 0 Å². The van der Waals surface area contributed by atoms with Crippen LogP contribution in [-0.2, 0) is 11.3 Å². The SMILES string of the molecule is C=CC.CC.NC(=O)OCc1ccccc1. The van der Waals surface area contributed by atoms with Gasteiger partial charge >= 0.3 is 6.09 Å². The molecule has 0 aliphatic heterocycles. The van der Waals surface area contributed by atoms with Gasteiger partial charge in [-0.05, 0) is 12.5 Å². The molecule has 16 heavy (non-hydrogen) atoms. The zero-order valence-corrected chi connectivity index (χ0v) is 10.3. The van der Waals surface area contributed by atoms with E-state index in [-0.39, 0.29) is 6.61 Å². The number of hydrogen-bond donors (Lipinski definition) is 1. The van der Waals surface area contributed by atoms with Gasteiger partial charge in [0.25, 0.3) is 0 Å². The van der Waals surface area contributed by atoms with Gasteiger partial charge in [0.05, 0.1) is 0 Å². The third-order valence-corrected chi connectivity index (χ3v) is 1.22. The van der Waals surface area contributed by atoms with Crippen LogP contribution in [0.5, 0.6) is 0 Å². The molecule has 0 radical (unpaired) electrons. The fourth-order valence-corrected chi connectivity index (χ4v) is 0.729. The molecule has 2 N–H and O–H groups in total. The molecule has 1 rings (SSSR count). The van der Waals surface area contributed by atoms with Crippen molar-refractivity contribution in [3.05, 3.63) is 48.6 Å². The first-order chi connectivity index (χ1) is 7.70. The molecule has 0 saturated carbocycles. The van der Waals surface area contributed by atoms with Crippen LogP contribution in [0.25, 0.3) is 0 Å². The molecule has 0 unspecified atom stereocenters. The molecule has 0 atom stereocenters.